The van der Waals surface area contributed by atoms with Crippen molar-refractivity contribution in [1.29, 1.82) is 0 Å². The fourth-order valence-electron chi connectivity index (χ4n) is 4.07. The van der Waals surface area contributed by atoms with E-state index in [2.05, 4.69) is 0 Å². The molecule has 0 spiro atoms. The van der Waals surface area contributed by atoms with Gasteiger partial charge in [0.25, 0.3) is 0 Å². The van der Waals surface area contributed by atoms with Gasteiger partial charge in [0.15, 0.2) is 0 Å². The molecule has 1 aromatic heterocycles. The minimum absolute atomic E-state index is 0.164. The van der Waals surface area contributed by atoms with Crippen LogP contribution in [0.5, 0.6) is 0 Å². The Labute approximate surface area is 162 Å². The van der Waals surface area contributed by atoms with Gasteiger partial charge in [-0.3, -0.25) is 9.69 Å². The van der Waals surface area contributed by atoms with Crippen molar-refractivity contribution in [3.05, 3.63) is 71.4 Å². The second kappa shape index (κ2) is 7.48. The minimum Gasteiger partial charge on any atom is -0.480 e. The lowest BCUT2D eigenvalue weighted by molar-refractivity contribution is -0.143. The number of aliphatic carboxylic acids is 1. The van der Waals surface area contributed by atoms with E-state index in [0.717, 1.165) is 37.0 Å². The molecule has 0 bridgehead atoms. The fourth-order valence-corrected chi connectivity index (χ4v) is 4.07. The third kappa shape index (κ3) is 3.39. The second-order valence-corrected chi connectivity index (χ2v) is 7.22. The molecule has 28 heavy (non-hydrogen) atoms. The van der Waals surface area contributed by atoms with Gasteiger partial charge < -0.3 is 14.8 Å². The molecule has 1 fully saturated rings. The Balaban J connectivity index is 1.86. The molecule has 3 aromatic rings. The van der Waals surface area contributed by atoms with Crippen LogP contribution in [0.25, 0.3) is 10.9 Å². The highest BCUT2D eigenvalue weighted by atomic mass is 16.4. The van der Waals surface area contributed by atoms with Crippen LogP contribution in [-0.4, -0.2) is 44.7 Å². The Kier molecular flexibility index (Phi) is 4.88. The van der Waals surface area contributed by atoms with Gasteiger partial charge in [-0.25, -0.2) is 4.79 Å². The van der Waals surface area contributed by atoms with E-state index >= 15 is 0 Å². The Morgan fingerprint density at radius 1 is 1.00 bits per heavy atom. The van der Waals surface area contributed by atoms with Gasteiger partial charge in [0.2, 0.25) is 0 Å². The summed E-state index contributed by atoms with van der Waals surface area (Å²) in [5.41, 5.74) is 2.76. The summed E-state index contributed by atoms with van der Waals surface area (Å²) in [5, 5.41) is 20.0. The van der Waals surface area contributed by atoms with Crippen LogP contribution in [0.1, 0.15) is 40.4 Å². The monoisotopic (exact) mass is 378 g/mol. The van der Waals surface area contributed by atoms with E-state index in [9.17, 15) is 19.8 Å². The van der Waals surface area contributed by atoms with E-state index < -0.39 is 18.0 Å². The van der Waals surface area contributed by atoms with Crippen LogP contribution in [0.3, 0.4) is 0 Å². The zero-order valence-electron chi connectivity index (χ0n) is 15.4. The van der Waals surface area contributed by atoms with Gasteiger partial charge in [0, 0.05) is 29.2 Å². The molecule has 0 unspecified atom stereocenters. The Morgan fingerprint density at radius 2 is 1.71 bits per heavy atom. The summed E-state index contributed by atoms with van der Waals surface area (Å²) in [6, 6.07) is 14.1. The molecule has 6 heteroatoms. The highest BCUT2D eigenvalue weighted by Crippen LogP contribution is 2.33. The summed E-state index contributed by atoms with van der Waals surface area (Å²) < 4.78 is 2.01. The molecule has 0 amide bonds. The Bertz CT molecular complexity index is 1020. The number of carboxylic acids is 2. The molecule has 0 radical (unpaired) electrons. The SMILES string of the molecule is O=C(O)c1ccc2c(c1)c([C@H](C(=O)O)N1CCCC1)cn2Cc1ccccc1. The number of carboxylic acid groups (broad SMARTS) is 2. The first-order valence-corrected chi connectivity index (χ1v) is 9.41. The maximum absolute atomic E-state index is 12.1. The molecule has 2 aromatic carbocycles. The molecule has 2 N–H and O–H groups in total. The Hall–Kier alpha value is -3.12. The normalized spacial score (nSPS) is 15.7. The van der Waals surface area contributed by atoms with Crippen molar-refractivity contribution in [2.75, 3.05) is 13.1 Å². The van der Waals surface area contributed by atoms with E-state index in [-0.39, 0.29) is 5.56 Å². The van der Waals surface area contributed by atoms with Crippen molar-refractivity contribution in [3.63, 3.8) is 0 Å². The lowest BCUT2D eigenvalue weighted by Gasteiger charge is -2.23. The molecule has 1 aliphatic heterocycles. The number of hydrogen-bond donors (Lipinski definition) is 2. The smallest absolute Gasteiger partial charge is 0.335 e. The predicted octanol–water partition coefficient (Wildman–Crippen LogP) is 3.61. The average Bonchev–Trinajstić information content (AvgIpc) is 3.32. The zero-order valence-corrected chi connectivity index (χ0v) is 15.4. The van der Waals surface area contributed by atoms with E-state index in [4.69, 9.17) is 0 Å². The number of nitrogens with zero attached hydrogens (tertiary/aromatic N) is 2. The topological polar surface area (TPSA) is 82.8 Å². The number of aromatic carboxylic acids is 1. The predicted molar refractivity (Wildman–Crippen MR) is 106 cm³/mol. The van der Waals surface area contributed by atoms with Crippen LogP contribution < -0.4 is 0 Å². The average molecular weight is 378 g/mol. The summed E-state index contributed by atoms with van der Waals surface area (Å²) in [5.74, 6) is -1.92. The zero-order chi connectivity index (χ0) is 19.7. The molecule has 6 nitrogen and oxygen atoms in total. The van der Waals surface area contributed by atoms with Gasteiger partial charge in [-0.2, -0.15) is 0 Å². The van der Waals surface area contributed by atoms with Crippen LogP contribution in [-0.2, 0) is 11.3 Å². The van der Waals surface area contributed by atoms with Crippen LogP contribution in [0.15, 0.2) is 54.7 Å². The standard InChI is InChI=1S/C22H22N2O4/c25-21(26)16-8-9-19-17(12-16)18(20(22(27)28)23-10-4-5-11-23)14-24(19)13-15-6-2-1-3-7-15/h1-3,6-9,12,14,20H,4-5,10-11,13H2,(H,25,26)(H,27,28)/t20-/m1/s1. The molecular formula is C22H22N2O4. The molecule has 0 aliphatic carbocycles. The first-order valence-electron chi connectivity index (χ1n) is 9.41. The maximum atomic E-state index is 12.1. The molecular weight excluding hydrogens is 356 g/mol. The first-order chi connectivity index (χ1) is 13.5. The van der Waals surface area contributed by atoms with Crippen LogP contribution >= 0.6 is 0 Å². The van der Waals surface area contributed by atoms with Crippen molar-refractivity contribution in [2.24, 2.45) is 0 Å². The van der Waals surface area contributed by atoms with Gasteiger partial charge in [-0.15, -0.1) is 0 Å². The molecule has 1 atom stereocenters. The highest BCUT2D eigenvalue weighted by molar-refractivity contribution is 5.96. The summed E-state index contributed by atoms with van der Waals surface area (Å²) in [7, 11) is 0. The molecule has 0 saturated carbocycles. The quantitative estimate of drug-likeness (QED) is 0.685. The fraction of sp³-hybridized carbons (Fsp3) is 0.273. The third-order valence-corrected chi connectivity index (χ3v) is 5.39. The molecule has 1 saturated heterocycles. The highest BCUT2D eigenvalue weighted by Gasteiger charge is 2.32. The molecule has 4 rings (SSSR count). The lowest BCUT2D eigenvalue weighted by Crippen LogP contribution is -2.31. The van der Waals surface area contributed by atoms with Crippen LogP contribution in [0.4, 0.5) is 0 Å². The number of aromatic nitrogens is 1. The molecule has 144 valence electrons. The van der Waals surface area contributed by atoms with Crippen molar-refractivity contribution in [3.8, 4) is 0 Å². The van der Waals surface area contributed by atoms with E-state index in [1.807, 2.05) is 46.0 Å². The summed E-state index contributed by atoms with van der Waals surface area (Å²) in [4.78, 5) is 25.6. The van der Waals surface area contributed by atoms with Gasteiger partial charge in [-0.1, -0.05) is 30.3 Å². The van der Waals surface area contributed by atoms with Crippen LogP contribution in [0, 0.1) is 0 Å². The lowest BCUT2D eigenvalue weighted by atomic mass is 10.0. The summed E-state index contributed by atoms with van der Waals surface area (Å²) in [6.07, 6.45) is 3.83. The maximum Gasteiger partial charge on any atom is 0.335 e. The number of rotatable bonds is 6. The largest absolute Gasteiger partial charge is 0.480 e. The first kappa shape index (κ1) is 18.3. The second-order valence-electron chi connectivity index (χ2n) is 7.22. The molecule has 2 heterocycles. The van der Waals surface area contributed by atoms with E-state index in [0.29, 0.717) is 17.5 Å². The number of benzene rings is 2. The van der Waals surface area contributed by atoms with Crippen LogP contribution in [0.2, 0.25) is 0 Å². The summed E-state index contributed by atoms with van der Waals surface area (Å²) >= 11 is 0. The van der Waals surface area contributed by atoms with Gasteiger partial charge in [0.1, 0.15) is 6.04 Å². The van der Waals surface area contributed by atoms with Gasteiger partial charge >= 0.3 is 11.9 Å². The number of hydrogen-bond acceptors (Lipinski definition) is 3. The van der Waals surface area contributed by atoms with E-state index in [1.165, 1.54) is 0 Å². The minimum atomic E-state index is -1.02. The van der Waals surface area contributed by atoms with Crippen molar-refractivity contribution < 1.29 is 19.8 Å². The number of likely N-dealkylation sites (tertiary alicyclic amines) is 1. The molecule has 1 aliphatic rings. The van der Waals surface area contributed by atoms with Crippen molar-refractivity contribution in [1.82, 2.24) is 9.47 Å². The number of carbonyl (C=O) groups is 2. The van der Waals surface area contributed by atoms with E-state index in [1.54, 1.807) is 18.2 Å². The van der Waals surface area contributed by atoms with Crippen molar-refractivity contribution >= 4 is 22.8 Å². The van der Waals surface area contributed by atoms with Gasteiger partial charge in [0.05, 0.1) is 5.56 Å². The summed E-state index contributed by atoms with van der Waals surface area (Å²) in [6.45, 7) is 2.07. The Morgan fingerprint density at radius 3 is 2.36 bits per heavy atom. The number of fused-ring (bicyclic) bond motifs is 1. The van der Waals surface area contributed by atoms with Gasteiger partial charge in [-0.05, 0) is 49.7 Å². The van der Waals surface area contributed by atoms with Crippen molar-refractivity contribution in [2.45, 2.75) is 25.4 Å². The third-order valence-electron chi connectivity index (χ3n) is 5.39.